The van der Waals surface area contributed by atoms with E-state index in [0.29, 0.717) is 26.7 Å². The van der Waals surface area contributed by atoms with Crippen molar-refractivity contribution in [2.45, 2.75) is 0 Å². The van der Waals surface area contributed by atoms with E-state index >= 15 is 0 Å². The maximum Gasteiger partial charge on any atom is 0.281 e. The summed E-state index contributed by atoms with van der Waals surface area (Å²) >= 11 is 1.18. The van der Waals surface area contributed by atoms with E-state index in [9.17, 15) is 9.59 Å². The van der Waals surface area contributed by atoms with Crippen molar-refractivity contribution >= 4 is 38.8 Å². The molecule has 2 heterocycles. The zero-order valence-electron chi connectivity index (χ0n) is 13.2. The largest absolute Gasteiger partial charge is 0.497 e. The average Bonchev–Trinajstić information content (AvgIpc) is 3.07. The number of ether oxygens (including phenoxy) is 1. The molecule has 4 rings (SSSR count). The van der Waals surface area contributed by atoms with Crippen LogP contribution in [0.1, 0.15) is 9.67 Å². The third kappa shape index (κ3) is 2.74. The Hall–Kier alpha value is -3.19. The standard InChI is InChI=1S/C18H13N3O3S/c1-24-12-8-6-11(7-9-12)19-17(23)15-10-21-14-5-3-2-4-13(14)16(22)20-18(21)25-15/h2-10H,1H3,(H,19,23). The molecular weight excluding hydrogens is 338 g/mol. The number of carbonyl (C=O) groups is 1. The molecule has 0 atom stereocenters. The smallest absolute Gasteiger partial charge is 0.281 e. The number of aromatic nitrogens is 2. The molecule has 0 saturated heterocycles. The van der Waals surface area contributed by atoms with Crippen LogP contribution in [0.3, 0.4) is 0 Å². The molecule has 25 heavy (non-hydrogen) atoms. The van der Waals surface area contributed by atoms with E-state index in [1.165, 1.54) is 11.3 Å². The molecule has 1 N–H and O–H groups in total. The fourth-order valence-electron chi connectivity index (χ4n) is 2.58. The zero-order valence-corrected chi connectivity index (χ0v) is 14.0. The number of methoxy groups -OCH3 is 1. The maximum absolute atomic E-state index is 12.5. The first-order chi connectivity index (χ1) is 12.2. The van der Waals surface area contributed by atoms with Crippen molar-refractivity contribution in [3.05, 3.63) is 70.0 Å². The third-order valence-electron chi connectivity index (χ3n) is 3.82. The van der Waals surface area contributed by atoms with Crippen molar-refractivity contribution < 1.29 is 9.53 Å². The first-order valence-corrected chi connectivity index (χ1v) is 8.34. The van der Waals surface area contributed by atoms with Crippen molar-refractivity contribution in [1.82, 2.24) is 9.38 Å². The summed E-state index contributed by atoms with van der Waals surface area (Å²) in [5.74, 6) is 0.464. The number of hydrogen-bond acceptors (Lipinski definition) is 5. The van der Waals surface area contributed by atoms with Gasteiger partial charge in [0.15, 0.2) is 4.96 Å². The summed E-state index contributed by atoms with van der Waals surface area (Å²) in [6.07, 6.45) is 1.70. The van der Waals surface area contributed by atoms with Gasteiger partial charge in [-0.3, -0.25) is 14.0 Å². The van der Waals surface area contributed by atoms with Crippen LogP contribution in [0.5, 0.6) is 5.75 Å². The zero-order chi connectivity index (χ0) is 17.4. The Morgan fingerprint density at radius 2 is 1.92 bits per heavy atom. The Kier molecular flexibility index (Phi) is 3.70. The van der Waals surface area contributed by atoms with E-state index in [4.69, 9.17) is 4.74 Å². The number of hydrogen-bond donors (Lipinski definition) is 1. The molecule has 0 aliphatic carbocycles. The molecule has 2 aromatic carbocycles. The van der Waals surface area contributed by atoms with Gasteiger partial charge < -0.3 is 10.1 Å². The predicted molar refractivity (Wildman–Crippen MR) is 97.8 cm³/mol. The lowest BCUT2D eigenvalue weighted by atomic mass is 10.2. The second-order valence-electron chi connectivity index (χ2n) is 5.36. The summed E-state index contributed by atoms with van der Waals surface area (Å²) in [5.41, 5.74) is 1.10. The molecule has 0 fully saturated rings. The Bertz CT molecular complexity index is 1150. The highest BCUT2D eigenvalue weighted by Gasteiger charge is 2.14. The van der Waals surface area contributed by atoms with Crippen LogP contribution >= 0.6 is 11.3 Å². The van der Waals surface area contributed by atoms with Crippen LogP contribution in [0.4, 0.5) is 5.69 Å². The Balaban J connectivity index is 1.72. The minimum atomic E-state index is -0.292. The molecule has 7 heteroatoms. The summed E-state index contributed by atoms with van der Waals surface area (Å²) < 4.78 is 6.87. The summed E-state index contributed by atoms with van der Waals surface area (Å²) in [5, 5.41) is 3.36. The first kappa shape index (κ1) is 15.3. The molecule has 4 aromatic rings. The van der Waals surface area contributed by atoms with Gasteiger partial charge in [0.2, 0.25) is 0 Å². The van der Waals surface area contributed by atoms with Crippen LogP contribution in [0.25, 0.3) is 15.9 Å². The van der Waals surface area contributed by atoms with E-state index in [1.54, 1.807) is 54.1 Å². The van der Waals surface area contributed by atoms with E-state index < -0.39 is 0 Å². The van der Waals surface area contributed by atoms with E-state index in [1.807, 2.05) is 12.1 Å². The number of benzene rings is 2. The number of thiazole rings is 1. The van der Waals surface area contributed by atoms with Crippen molar-refractivity contribution in [3.63, 3.8) is 0 Å². The van der Waals surface area contributed by atoms with Crippen molar-refractivity contribution in [3.8, 4) is 5.75 Å². The predicted octanol–water partition coefficient (Wildman–Crippen LogP) is 3.17. The van der Waals surface area contributed by atoms with Crippen molar-refractivity contribution in [2.24, 2.45) is 0 Å². The minimum absolute atomic E-state index is 0.253. The van der Waals surface area contributed by atoms with Crippen LogP contribution in [0, 0.1) is 0 Å². The van der Waals surface area contributed by atoms with E-state index in [0.717, 1.165) is 5.52 Å². The van der Waals surface area contributed by atoms with E-state index in [2.05, 4.69) is 10.3 Å². The number of nitrogens with zero attached hydrogens (tertiary/aromatic N) is 2. The molecule has 0 saturated carbocycles. The summed E-state index contributed by atoms with van der Waals surface area (Å²) in [4.78, 5) is 29.6. The summed E-state index contributed by atoms with van der Waals surface area (Å²) in [6.45, 7) is 0. The molecule has 0 spiro atoms. The van der Waals surface area contributed by atoms with Crippen LogP contribution in [0.15, 0.2) is 59.5 Å². The molecule has 0 aliphatic heterocycles. The molecule has 0 radical (unpaired) electrons. The second-order valence-corrected chi connectivity index (χ2v) is 6.37. The van der Waals surface area contributed by atoms with Gasteiger partial charge in [0, 0.05) is 11.9 Å². The number of nitrogens with one attached hydrogen (secondary N) is 1. The van der Waals surface area contributed by atoms with Gasteiger partial charge in [-0.15, -0.1) is 0 Å². The molecule has 1 amide bonds. The van der Waals surface area contributed by atoms with Crippen LogP contribution in [-0.2, 0) is 0 Å². The number of para-hydroxylation sites is 1. The van der Waals surface area contributed by atoms with Crippen molar-refractivity contribution in [1.29, 1.82) is 0 Å². The SMILES string of the molecule is COc1ccc(NC(=O)c2cn3c(nc(=O)c4ccccc43)s2)cc1. The number of amides is 1. The quantitative estimate of drug-likeness (QED) is 0.615. The van der Waals surface area contributed by atoms with Gasteiger partial charge in [-0.25, -0.2) is 0 Å². The average molecular weight is 351 g/mol. The van der Waals surface area contributed by atoms with Gasteiger partial charge >= 0.3 is 0 Å². The highest BCUT2D eigenvalue weighted by atomic mass is 32.1. The highest BCUT2D eigenvalue weighted by Crippen LogP contribution is 2.22. The van der Waals surface area contributed by atoms with Gasteiger partial charge in [-0.2, -0.15) is 4.98 Å². The fraction of sp³-hybridized carbons (Fsp3) is 0.0556. The van der Waals surface area contributed by atoms with Gasteiger partial charge in [0.1, 0.15) is 10.6 Å². The highest BCUT2D eigenvalue weighted by molar-refractivity contribution is 7.19. The lowest BCUT2D eigenvalue weighted by Crippen LogP contribution is -2.10. The molecular formula is C18H13N3O3S. The molecule has 6 nitrogen and oxygen atoms in total. The molecule has 2 aromatic heterocycles. The minimum Gasteiger partial charge on any atom is -0.497 e. The molecule has 0 bridgehead atoms. The summed E-state index contributed by atoms with van der Waals surface area (Å²) in [7, 11) is 1.59. The van der Waals surface area contributed by atoms with Crippen LogP contribution in [0.2, 0.25) is 0 Å². The fourth-order valence-corrected chi connectivity index (χ4v) is 3.46. The van der Waals surface area contributed by atoms with E-state index in [-0.39, 0.29) is 11.5 Å². The maximum atomic E-state index is 12.5. The number of anilines is 1. The molecule has 124 valence electrons. The second kappa shape index (κ2) is 6.03. The topological polar surface area (TPSA) is 72.7 Å². The van der Waals surface area contributed by atoms with Gasteiger partial charge in [0.25, 0.3) is 11.5 Å². The normalized spacial score (nSPS) is 10.9. The van der Waals surface area contributed by atoms with Crippen LogP contribution in [-0.4, -0.2) is 22.4 Å². The Labute approximate surface area is 146 Å². The third-order valence-corrected chi connectivity index (χ3v) is 4.80. The lowest BCUT2D eigenvalue weighted by Gasteiger charge is -2.04. The summed E-state index contributed by atoms with van der Waals surface area (Å²) in [6, 6.07) is 14.3. The molecule has 0 unspecified atom stereocenters. The number of carbonyl (C=O) groups excluding carboxylic acids is 1. The monoisotopic (exact) mass is 351 g/mol. The number of rotatable bonds is 3. The van der Waals surface area contributed by atoms with Gasteiger partial charge in [-0.1, -0.05) is 23.5 Å². The molecule has 0 aliphatic rings. The van der Waals surface area contributed by atoms with Crippen molar-refractivity contribution in [2.75, 3.05) is 12.4 Å². The number of fused-ring (bicyclic) bond motifs is 3. The Morgan fingerprint density at radius 1 is 1.16 bits per heavy atom. The van der Waals surface area contributed by atoms with Crippen LogP contribution < -0.4 is 15.6 Å². The van der Waals surface area contributed by atoms with Gasteiger partial charge in [-0.05, 0) is 36.4 Å². The first-order valence-electron chi connectivity index (χ1n) is 7.52. The Morgan fingerprint density at radius 3 is 2.68 bits per heavy atom. The lowest BCUT2D eigenvalue weighted by molar-refractivity contribution is 0.103. The van der Waals surface area contributed by atoms with Gasteiger partial charge in [0.05, 0.1) is 18.0 Å².